The second-order valence-corrected chi connectivity index (χ2v) is 7.63. The van der Waals surface area contributed by atoms with Gasteiger partial charge >= 0.3 is 6.18 Å². The highest BCUT2D eigenvalue weighted by molar-refractivity contribution is 5.86. The standard InChI is InChI=1S/C23H22F3NO3/c24-23(25,26)22-19(15-8-4-3-5-9-15)20(29)16-10-11-18(28)17(21(16)30-22)14-27-12-6-1-2-7-13-27/h3-5,8-11,28H,1-2,6-7,12-14H2. The van der Waals surface area contributed by atoms with Crippen molar-refractivity contribution < 1.29 is 22.7 Å². The summed E-state index contributed by atoms with van der Waals surface area (Å²) in [6.45, 7) is 1.80. The molecule has 3 aromatic rings. The van der Waals surface area contributed by atoms with Crippen LogP contribution in [0.25, 0.3) is 22.1 Å². The third kappa shape index (κ3) is 3.94. The van der Waals surface area contributed by atoms with Crippen LogP contribution in [-0.2, 0) is 12.7 Å². The highest BCUT2D eigenvalue weighted by Gasteiger charge is 2.39. The maximum absolute atomic E-state index is 13.9. The number of alkyl halides is 3. The number of phenolic OH excluding ortho intramolecular Hbond substituents is 1. The van der Waals surface area contributed by atoms with E-state index in [1.165, 1.54) is 24.3 Å². The number of rotatable bonds is 3. The fraction of sp³-hybridized carbons (Fsp3) is 0.348. The molecule has 0 saturated carbocycles. The summed E-state index contributed by atoms with van der Waals surface area (Å²) in [6, 6.07) is 10.4. The summed E-state index contributed by atoms with van der Waals surface area (Å²) in [6.07, 6.45) is -0.676. The monoisotopic (exact) mass is 417 g/mol. The van der Waals surface area contributed by atoms with Crippen LogP contribution in [0, 0.1) is 0 Å². The molecule has 2 aromatic carbocycles. The highest BCUT2D eigenvalue weighted by atomic mass is 19.4. The molecule has 1 saturated heterocycles. The zero-order valence-corrected chi connectivity index (χ0v) is 16.3. The Morgan fingerprint density at radius 3 is 2.27 bits per heavy atom. The van der Waals surface area contributed by atoms with Gasteiger partial charge in [0.15, 0.2) is 0 Å². The van der Waals surface area contributed by atoms with Crippen LogP contribution in [0.2, 0.25) is 0 Å². The molecule has 1 fully saturated rings. The van der Waals surface area contributed by atoms with Gasteiger partial charge in [-0.25, -0.2) is 0 Å². The largest absolute Gasteiger partial charge is 0.507 e. The molecule has 4 rings (SSSR count). The first-order valence-corrected chi connectivity index (χ1v) is 10.0. The van der Waals surface area contributed by atoms with Crippen LogP contribution in [-0.4, -0.2) is 23.1 Å². The molecule has 1 aliphatic heterocycles. The molecule has 0 spiro atoms. The number of phenols is 1. The highest BCUT2D eigenvalue weighted by Crippen LogP contribution is 2.39. The van der Waals surface area contributed by atoms with Crippen molar-refractivity contribution in [3.63, 3.8) is 0 Å². The maximum atomic E-state index is 13.9. The Bertz CT molecular complexity index is 1100. The third-order valence-corrected chi connectivity index (χ3v) is 5.54. The van der Waals surface area contributed by atoms with Crippen LogP contribution in [0.15, 0.2) is 51.7 Å². The van der Waals surface area contributed by atoms with Crippen LogP contribution in [0.4, 0.5) is 13.2 Å². The summed E-state index contributed by atoms with van der Waals surface area (Å²) in [5, 5.41) is 10.4. The van der Waals surface area contributed by atoms with Crippen molar-refractivity contribution in [1.82, 2.24) is 4.90 Å². The van der Waals surface area contributed by atoms with E-state index < -0.39 is 22.9 Å². The van der Waals surface area contributed by atoms with Crippen LogP contribution >= 0.6 is 0 Å². The Balaban J connectivity index is 1.94. The van der Waals surface area contributed by atoms with Crippen molar-refractivity contribution in [2.75, 3.05) is 13.1 Å². The first kappa shape index (κ1) is 20.5. The van der Waals surface area contributed by atoms with Gasteiger partial charge in [0, 0.05) is 6.54 Å². The molecule has 158 valence electrons. The van der Waals surface area contributed by atoms with E-state index in [1.807, 2.05) is 0 Å². The SMILES string of the molecule is O=c1c(-c2ccccc2)c(C(F)(F)F)oc2c(CN3CCCCCC3)c(O)ccc12. The van der Waals surface area contributed by atoms with Crippen molar-refractivity contribution >= 4 is 11.0 Å². The molecular weight excluding hydrogens is 395 g/mol. The van der Waals surface area contributed by atoms with Crippen molar-refractivity contribution in [3.8, 4) is 16.9 Å². The van der Waals surface area contributed by atoms with E-state index in [2.05, 4.69) is 4.90 Å². The van der Waals surface area contributed by atoms with Gasteiger partial charge in [0.25, 0.3) is 0 Å². The first-order chi connectivity index (χ1) is 14.4. The number of hydrogen-bond donors (Lipinski definition) is 1. The third-order valence-electron chi connectivity index (χ3n) is 5.54. The van der Waals surface area contributed by atoms with Crippen molar-refractivity contribution in [2.24, 2.45) is 0 Å². The topological polar surface area (TPSA) is 53.7 Å². The number of fused-ring (bicyclic) bond motifs is 1. The lowest BCUT2D eigenvalue weighted by molar-refractivity contribution is -0.152. The van der Waals surface area contributed by atoms with Gasteiger partial charge in [-0.3, -0.25) is 9.69 Å². The van der Waals surface area contributed by atoms with Gasteiger partial charge in [-0.2, -0.15) is 13.2 Å². The molecule has 7 heteroatoms. The van der Waals surface area contributed by atoms with Crippen LogP contribution in [0.5, 0.6) is 5.75 Å². The van der Waals surface area contributed by atoms with Crippen LogP contribution in [0.1, 0.15) is 37.0 Å². The van der Waals surface area contributed by atoms with Crippen molar-refractivity contribution in [1.29, 1.82) is 0 Å². The van der Waals surface area contributed by atoms with Gasteiger partial charge in [0.2, 0.25) is 11.2 Å². The fourth-order valence-electron chi connectivity index (χ4n) is 4.04. The molecule has 1 aromatic heterocycles. The van der Waals surface area contributed by atoms with E-state index in [9.17, 15) is 23.1 Å². The van der Waals surface area contributed by atoms with E-state index >= 15 is 0 Å². The summed E-state index contributed by atoms with van der Waals surface area (Å²) >= 11 is 0. The summed E-state index contributed by atoms with van der Waals surface area (Å²) < 4.78 is 47.0. The minimum absolute atomic E-state index is 0.0319. The van der Waals surface area contributed by atoms with Gasteiger partial charge in [-0.05, 0) is 43.6 Å². The molecule has 1 N–H and O–H groups in total. The van der Waals surface area contributed by atoms with Gasteiger partial charge in [0.05, 0.1) is 16.5 Å². The predicted octanol–water partition coefficient (Wildman–Crippen LogP) is 5.56. The predicted molar refractivity (Wildman–Crippen MR) is 108 cm³/mol. The second kappa shape index (κ2) is 8.14. The molecule has 0 aliphatic carbocycles. The molecule has 30 heavy (non-hydrogen) atoms. The number of hydrogen-bond acceptors (Lipinski definition) is 4. The van der Waals surface area contributed by atoms with Crippen LogP contribution in [0.3, 0.4) is 0 Å². The van der Waals surface area contributed by atoms with E-state index in [0.29, 0.717) is 0 Å². The maximum Gasteiger partial charge on any atom is 0.450 e. The summed E-state index contributed by atoms with van der Waals surface area (Å²) in [4.78, 5) is 15.2. The van der Waals surface area contributed by atoms with Gasteiger partial charge in [-0.1, -0.05) is 43.2 Å². The zero-order valence-electron chi connectivity index (χ0n) is 16.3. The Kier molecular flexibility index (Phi) is 5.56. The second-order valence-electron chi connectivity index (χ2n) is 7.63. The number of nitrogens with zero attached hydrogens (tertiary/aromatic N) is 1. The lowest BCUT2D eigenvalue weighted by Gasteiger charge is -2.21. The minimum atomic E-state index is -4.86. The number of likely N-dealkylation sites (tertiary alicyclic amines) is 1. The molecule has 1 aliphatic rings. The first-order valence-electron chi connectivity index (χ1n) is 10.0. The Hall–Kier alpha value is -2.80. The average Bonchev–Trinajstić information content (AvgIpc) is 2.98. The molecule has 0 amide bonds. The molecule has 0 atom stereocenters. The molecule has 4 nitrogen and oxygen atoms in total. The summed E-state index contributed by atoms with van der Waals surface area (Å²) in [7, 11) is 0. The van der Waals surface area contributed by atoms with Crippen molar-refractivity contribution in [3.05, 3.63) is 64.0 Å². The van der Waals surface area contributed by atoms with E-state index in [1.54, 1.807) is 18.2 Å². The zero-order chi connectivity index (χ0) is 21.3. The van der Waals surface area contributed by atoms with Gasteiger partial charge in [0.1, 0.15) is 11.3 Å². The average molecular weight is 417 g/mol. The fourth-order valence-corrected chi connectivity index (χ4v) is 4.04. The quantitative estimate of drug-likeness (QED) is 0.606. The molecule has 0 radical (unpaired) electrons. The van der Waals surface area contributed by atoms with E-state index in [0.717, 1.165) is 38.8 Å². The normalized spacial score (nSPS) is 16.0. The van der Waals surface area contributed by atoms with E-state index in [4.69, 9.17) is 4.42 Å². The Labute approximate surface area is 171 Å². The Morgan fingerprint density at radius 2 is 1.63 bits per heavy atom. The Morgan fingerprint density at radius 1 is 0.967 bits per heavy atom. The van der Waals surface area contributed by atoms with Gasteiger partial charge < -0.3 is 9.52 Å². The van der Waals surface area contributed by atoms with E-state index in [-0.39, 0.29) is 34.4 Å². The molecule has 0 bridgehead atoms. The number of aromatic hydroxyl groups is 1. The smallest absolute Gasteiger partial charge is 0.450 e. The van der Waals surface area contributed by atoms with Crippen molar-refractivity contribution in [2.45, 2.75) is 38.4 Å². The summed E-state index contributed by atoms with van der Waals surface area (Å²) in [5.74, 6) is -1.51. The molecular formula is C23H22F3NO3. The number of halogens is 3. The minimum Gasteiger partial charge on any atom is -0.507 e. The lowest BCUT2D eigenvalue weighted by atomic mass is 10.00. The van der Waals surface area contributed by atoms with Gasteiger partial charge in [-0.15, -0.1) is 0 Å². The molecule has 0 unspecified atom stereocenters. The number of benzene rings is 2. The van der Waals surface area contributed by atoms with Crippen LogP contribution < -0.4 is 5.43 Å². The summed E-state index contributed by atoms with van der Waals surface area (Å²) in [5.41, 5.74) is -1.11. The lowest BCUT2D eigenvalue weighted by Crippen LogP contribution is -2.24. The molecule has 2 heterocycles.